The van der Waals surface area contributed by atoms with Crippen molar-refractivity contribution in [2.75, 3.05) is 24.6 Å². The minimum absolute atomic E-state index is 0.203. The van der Waals surface area contributed by atoms with E-state index < -0.39 is 0 Å². The standard InChI is InChI=1S/C12H22N6/c1-8-3-4-18(6-9(2)5-8)7-10-15-11(13)17-12(14)16-10/h8-9H,3-7H2,1-2H3,(H4,13,14,15,16,17). The number of anilines is 2. The summed E-state index contributed by atoms with van der Waals surface area (Å²) >= 11 is 0. The third-order valence-electron chi connectivity index (χ3n) is 3.39. The third kappa shape index (κ3) is 3.53. The van der Waals surface area contributed by atoms with Crippen molar-refractivity contribution in [3.8, 4) is 0 Å². The average Bonchev–Trinajstić information content (AvgIpc) is 2.38. The smallest absolute Gasteiger partial charge is 0.225 e. The Labute approximate surface area is 108 Å². The fourth-order valence-corrected chi connectivity index (χ4v) is 2.69. The molecule has 0 bridgehead atoms. The molecule has 0 amide bonds. The molecule has 0 aliphatic carbocycles. The number of nitrogens with zero attached hydrogens (tertiary/aromatic N) is 4. The van der Waals surface area contributed by atoms with Crippen molar-refractivity contribution in [1.82, 2.24) is 19.9 Å². The number of hydrogen-bond acceptors (Lipinski definition) is 6. The van der Waals surface area contributed by atoms with Crippen LogP contribution in [0.3, 0.4) is 0 Å². The van der Waals surface area contributed by atoms with Crippen molar-refractivity contribution in [2.45, 2.75) is 33.2 Å². The summed E-state index contributed by atoms with van der Waals surface area (Å²) in [6.07, 6.45) is 2.51. The fourth-order valence-electron chi connectivity index (χ4n) is 2.69. The fraction of sp³-hybridized carbons (Fsp3) is 0.750. The molecule has 0 spiro atoms. The molecule has 18 heavy (non-hydrogen) atoms. The van der Waals surface area contributed by atoms with Gasteiger partial charge in [-0.25, -0.2) is 0 Å². The van der Waals surface area contributed by atoms with E-state index in [-0.39, 0.29) is 11.9 Å². The van der Waals surface area contributed by atoms with Gasteiger partial charge in [0, 0.05) is 6.54 Å². The Bertz CT molecular complexity index is 387. The van der Waals surface area contributed by atoms with E-state index >= 15 is 0 Å². The van der Waals surface area contributed by atoms with Gasteiger partial charge in [-0.15, -0.1) is 0 Å². The molecule has 100 valence electrons. The van der Waals surface area contributed by atoms with E-state index in [0.29, 0.717) is 18.3 Å². The first-order valence-corrected chi connectivity index (χ1v) is 6.51. The minimum Gasteiger partial charge on any atom is -0.368 e. The van der Waals surface area contributed by atoms with Crippen molar-refractivity contribution in [1.29, 1.82) is 0 Å². The predicted molar refractivity (Wildman–Crippen MR) is 71.5 cm³/mol. The van der Waals surface area contributed by atoms with Crippen LogP contribution in [0, 0.1) is 11.8 Å². The topological polar surface area (TPSA) is 94.0 Å². The number of nitrogens with two attached hydrogens (primary N) is 2. The second-order valence-electron chi connectivity index (χ2n) is 5.44. The zero-order valence-corrected chi connectivity index (χ0v) is 11.1. The number of hydrogen-bond donors (Lipinski definition) is 2. The highest BCUT2D eigenvalue weighted by Crippen LogP contribution is 2.22. The lowest BCUT2D eigenvalue weighted by molar-refractivity contribution is 0.242. The Hall–Kier alpha value is -1.43. The van der Waals surface area contributed by atoms with Crippen molar-refractivity contribution < 1.29 is 0 Å². The van der Waals surface area contributed by atoms with Crippen LogP contribution in [-0.2, 0) is 6.54 Å². The lowest BCUT2D eigenvalue weighted by atomic mass is 9.97. The first-order chi connectivity index (χ1) is 8.52. The first kappa shape index (κ1) is 13.0. The molecule has 6 heteroatoms. The van der Waals surface area contributed by atoms with Crippen LogP contribution in [-0.4, -0.2) is 32.9 Å². The lowest BCUT2D eigenvalue weighted by Gasteiger charge is -2.21. The highest BCUT2D eigenvalue weighted by atomic mass is 15.2. The molecule has 0 saturated carbocycles. The maximum atomic E-state index is 5.58. The molecule has 2 rings (SSSR count). The van der Waals surface area contributed by atoms with Crippen LogP contribution in [0.15, 0.2) is 0 Å². The van der Waals surface area contributed by atoms with Gasteiger partial charge in [0.1, 0.15) is 5.82 Å². The summed E-state index contributed by atoms with van der Waals surface area (Å²) in [6.45, 7) is 7.48. The Morgan fingerprint density at radius 1 is 1.11 bits per heavy atom. The lowest BCUT2D eigenvalue weighted by Crippen LogP contribution is -2.28. The van der Waals surface area contributed by atoms with Crippen LogP contribution in [0.2, 0.25) is 0 Å². The molecule has 1 saturated heterocycles. The Kier molecular flexibility index (Phi) is 3.96. The molecule has 1 fully saturated rings. The summed E-state index contributed by atoms with van der Waals surface area (Å²) in [5.74, 6) is 2.57. The van der Waals surface area contributed by atoms with Crippen molar-refractivity contribution in [3.63, 3.8) is 0 Å². The van der Waals surface area contributed by atoms with Crippen molar-refractivity contribution in [3.05, 3.63) is 5.82 Å². The van der Waals surface area contributed by atoms with Crippen LogP contribution in [0.1, 0.15) is 32.5 Å². The van der Waals surface area contributed by atoms with Gasteiger partial charge in [0.25, 0.3) is 0 Å². The molecule has 1 aliphatic heterocycles. The quantitative estimate of drug-likeness (QED) is 0.810. The van der Waals surface area contributed by atoms with Crippen LogP contribution < -0.4 is 11.5 Å². The van der Waals surface area contributed by atoms with Gasteiger partial charge in [-0.05, 0) is 31.2 Å². The summed E-state index contributed by atoms with van der Waals surface area (Å²) in [7, 11) is 0. The molecule has 2 unspecified atom stereocenters. The molecule has 0 aromatic carbocycles. The van der Waals surface area contributed by atoms with Gasteiger partial charge in [-0.3, -0.25) is 4.90 Å². The summed E-state index contributed by atoms with van der Waals surface area (Å²) in [5, 5.41) is 0. The van der Waals surface area contributed by atoms with Crippen LogP contribution >= 0.6 is 0 Å². The van der Waals surface area contributed by atoms with E-state index in [1.54, 1.807) is 0 Å². The third-order valence-corrected chi connectivity index (χ3v) is 3.39. The maximum absolute atomic E-state index is 5.58. The minimum atomic E-state index is 0.203. The SMILES string of the molecule is CC1CCN(Cc2nc(N)nc(N)n2)CC(C)C1. The van der Waals surface area contributed by atoms with Gasteiger partial charge in [0.05, 0.1) is 6.54 Å². The first-order valence-electron chi connectivity index (χ1n) is 6.51. The van der Waals surface area contributed by atoms with Crippen LogP contribution in [0.5, 0.6) is 0 Å². The van der Waals surface area contributed by atoms with E-state index in [9.17, 15) is 0 Å². The Morgan fingerprint density at radius 2 is 1.78 bits per heavy atom. The predicted octanol–water partition coefficient (Wildman–Crippen LogP) is 0.904. The largest absolute Gasteiger partial charge is 0.368 e. The highest BCUT2D eigenvalue weighted by molar-refractivity contribution is 5.25. The Morgan fingerprint density at radius 3 is 2.44 bits per heavy atom. The maximum Gasteiger partial charge on any atom is 0.225 e. The monoisotopic (exact) mass is 250 g/mol. The van der Waals surface area contributed by atoms with Gasteiger partial charge in [0.15, 0.2) is 0 Å². The van der Waals surface area contributed by atoms with E-state index in [1.807, 2.05) is 0 Å². The van der Waals surface area contributed by atoms with Gasteiger partial charge >= 0.3 is 0 Å². The van der Waals surface area contributed by atoms with E-state index in [1.165, 1.54) is 12.8 Å². The van der Waals surface area contributed by atoms with Gasteiger partial charge in [0.2, 0.25) is 11.9 Å². The normalized spacial score (nSPS) is 25.9. The summed E-state index contributed by atoms with van der Waals surface area (Å²) in [6, 6.07) is 0. The van der Waals surface area contributed by atoms with Crippen molar-refractivity contribution in [2.24, 2.45) is 11.8 Å². The highest BCUT2D eigenvalue weighted by Gasteiger charge is 2.20. The molecule has 0 radical (unpaired) electrons. The molecule has 1 aromatic rings. The van der Waals surface area contributed by atoms with Crippen LogP contribution in [0.25, 0.3) is 0 Å². The van der Waals surface area contributed by atoms with Gasteiger partial charge in [-0.2, -0.15) is 15.0 Å². The molecule has 1 aromatic heterocycles. The summed E-state index contributed by atoms with van der Waals surface area (Å²) < 4.78 is 0. The summed E-state index contributed by atoms with van der Waals surface area (Å²) in [4.78, 5) is 14.4. The zero-order chi connectivity index (χ0) is 13.1. The van der Waals surface area contributed by atoms with Gasteiger partial charge in [-0.1, -0.05) is 13.8 Å². The Balaban J connectivity index is 2.03. The number of aromatic nitrogens is 3. The summed E-state index contributed by atoms with van der Waals surface area (Å²) in [5.41, 5.74) is 11.2. The van der Waals surface area contributed by atoms with Crippen LogP contribution in [0.4, 0.5) is 11.9 Å². The molecule has 2 atom stereocenters. The molecule has 1 aliphatic rings. The molecule has 6 nitrogen and oxygen atoms in total. The van der Waals surface area contributed by atoms with Crippen molar-refractivity contribution >= 4 is 11.9 Å². The van der Waals surface area contributed by atoms with Gasteiger partial charge < -0.3 is 11.5 Å². The molecular weight excluding hydrogens is 228 g/mol. The number of rotatable bonds is 2. The number of likely N-dealkylation sites (tertiary alicyclic amines) is 1. The average molecular weight is 250 g/mol. The zero-order valence-electron chi connectivity index (χ0n) is 11.1. The molecule has 4 N–H and O–H groups in total. The van der Waals surface area contributed by atoms with E-state index in [2.05, 4.69) is 33.7 Å². The second kappa shape index (κ2) is 5.48. The van der Waals surface area contributed by atoms with E-state index in [0.717, 1.165) is 19.0 Å². The number of nitrogen functional groups attached to an aromatic ring is 2. The molecule has 2 heterocycles. The van der Waals surface area contributed by atoms with E-state index in [4.69, 9.17) is 11.5 Å². The second-order valence-corrected chi connectivity index (χ2v) is 5.44. The molecular formula is C12H22N6.